The zero-order valence-corrected chi connectivity index (χ0v) is 19.7. The Morgan fingerprint density at radius 3 is 2.26 bits per heavy atom. The van der Waals surface area contributed by atoms with E-state index >= 15 is 0 Å². The van der Waals surface area contributed by atoms with E-state index in [4.69, 9.17) is 14.2 Å². The number of rotatable bonds is 10. The molecule has 0 unspecified atom stereocenters. The van der Waals surface area contributed by atoms with Crippen LogP contribution in [0.2, 0.25) is 0 Å². The smallest absolute Gasteiger partial charge is 0.262 e. The number of para-hydroxylation sites is 2. The lowest BCUT2D eigenvalue weighted by molar-refractivity contribution is 0.0950. The Morgan fingerprint density at radius 2 is 1.59 bits per heavy atom. The molecule has 8 nitrogen and oxygen atoms in total. The average molecular weight is 489 g/mol. The first-order valence-electron chi connectivity index (χ1n) is 10.2. The van der Waals surface area contributed by atoms with Gasteiger partial charge in [0.05, 0.1) is 37.5 Å². The molecule has 0 saturated carbocycles. The molecule has 2 N–H and O–H groups in total. The molecule has 3 aromatic rings. The molecule has 0 heterocycles. The van der Waals surface area contributed by atoms with Crippen molar-refractivity contribution >= 4 is 21.6 Å². The van der Waals surface area contributed by atoms with Gasteiger partial charge in [-0.1, -0.05) is 30.3 Å². The Bertz CT molecular complexity index is 1280. The van der Waals surface area contributed by atoms with Gasteiger partial charge in [0, 0.05) is 12.6 Å². The third kappa shape index (κ3) is 5.57. The number of ether oxygens (including phenoxy) is 3. The molecule has 10 heteroatoms. The quantitative estimate of drug-likeness (QED) is 0.452. The third-order valence-corrected chi connectivity index (χ3v) is 6.34. The number of methoxy groups -OCH3 is 3. The molecular formula is C24H25FN2O6S. The molecule has 0 aliphatic heterocycles. The first-order valence-corrected chi connectivity index (χ1v) is 11.7. The Hall–Kier alpha value is -3.79. The highest BCUT2D eigenvalue weighted by atomic mass is 32.2. The Balaban J connectivity index is 1.88. The standard InChI is InChI=1S/C24H25FN2O6S/c1-31-21-11-7-4-8-16(21)12-13-26-24(28)18-14-17(15-22(32-2)23(18)33-3)34(29,30)27-20-10-6-5-9-19(20)25/h4-11,14-15,27H,12-13H2,1-3H3,(H,26,28). The van der Waals surface area contributed by atoms with Gasteiger partial charge in [-0.05, 0) is 36.2 Å². The number of amides is 1. The van der Waals surface area contributed by atoms with Crippen molar-refractivity contribution in [2.75, 3.05) is 32.6 Å². The largest absolute Gasteiger partial charge is 0.496 e. The fraction of sp³-hybridized carbons (Fsp3) is 0.208. The van der Waals surface area contributed by atoms with Gasteiger partial charge in [-0.2, -0.15) is 0 Å². The SMILES string of the molecule is COc1ccccc1CCNC(=O)c1cc(S(=O)(=O)Nc2ccccc2F)cc(OC)c1OC. The maximum atomic E-state index is 14.0. The molecule has 34 heavy (non-hydrogen) atoms. The van der Waals surface area contributed by atoms with Gasteiger partial charge in [0.1, 0.15) is 11.6 Å². The summed E-state index contributed by atoms with van der Waals surface area (Å²) < 4.78 is 58.0. The monoisotopic (exact) mass is 488 g/mol. The van der Waals surface area contributed by atoms with Crippen molar-refractivity contribution in [3.8, 4) is 17.2 Å². The molecule has 3 rings (SSSR count). The van der Waals surface area contributed by atoms with Crippen LogP contribution in [0.3, 0.4) is 0 Å². The van der Waals surface area contributed by atoms with E-state index in [1.807, 2.05) is 24.3 Å². The van der Waals surface area contributed by atoms with E-state index in [-0.39, 0.29) is 34.2 Å². The van der Waals surface area contributed by atoms with Gasteiger partial charge in [0.15, 0.2) is 11.5 Å². The van der Waals surface area contributed by atoms with Crippen LogP contribution >= 0.6 is 0 Å². The Morgan fingerprint density at radius 1 is 0.912 bits per heavy atom. The molecule has 180 valence electrons. The summed E-state index contributed by atoms with van der Waals surface area (Å²) in [6.45, 7) is 0.259. The molecule has 0 bridgehead atoms. The van der Waals surface area contributed by atoms with Gasteiger partial charge in [-0.3, -0.25) is 9.52 Å². The summed E-state index contributed by atoms with van der Waals surface area (Å²) in [5, 5.41) is 2.76. The summed E-state index contributed by atoms with van der Waals surface area (Å²) in [6, 6.07) is 15.1. The van der Waals surface area contributed by atoms with Crippen LogP contribution in [0.1, 0.15) is 15.9 Å². The number of carbonyl (C=O) groups is 1. The normalized spacial score (nSPS) is 10.9. The fourth-order valence-corrected chi connectivity index (χ4v) is 4.43. The second-order valence-electron chi connectivity index (χ2n) is 7.11. The number of hydrogen-bond acceptors (Lipinski definition) is 6. The number of anilines is 1. The molecule has 0 saturated heterocycles. The van der Waals surface area contributed by atoms with E-state index in [0.29, 0.717) is 12.2 Å². The zero-order valence-electron chi connectivity index (χ0n) is 18.9. The van der Waals surface area contributed by atoms with Crippen molar-refractivity contribution in [2.24, 2.45) is 0 Å². The maximum Gasteiger partial charge on any atom is 0.262 e. The highest BCUT2D eigenvalue weighted by molar-refractivity contribution is 7.92. The summed E-state index contributed by atoms with van der Waals surface area (Å²) >= 11 is 0. The average Bonchev–Trinajstić information content (AvgIpc) is 2.84. The van der Waals surface area contributed by atoms with Crippen molar-refractivity contribution < 1.29 is 31.8 Å². The highest BCUT2D eigenvalue weighted by Crippen LogP contribution is 2.35. The van der Waals surface area contributed by atoms with Crippen LogP contribution in [0.25, 0.3) is 0 Å². The fourth-order valence-electron chi connectivity index (χ4n) is 3.33. The molecule has 1 amide bonds. The van der Waals surface area contributed by atoms with Gasteiger partial charge in [-0.25, -0.2) is 12.8 Å². The van der Waals surface area contributed by atoms with E-state index in [9.17, 15) is 17.6 Å². The van der Waals surface area contributed by atoms with E-state index in [1.165, 1.54) is 38.5 Å². The van der Waals surface area contributed by atoms with E-state index < -0.39 is 21.7 Å². The van der Waals surface area contributed by atoms with Crippen LogP contribution < -0.4 is 24.2 Å². The summed E-state index contributed by atoms with van der Waals surface area (Å²) in [5.74, 6) is -0.493. The van der Waals surface area contributed by atoms with Crippen LogP contribution in [0, 0.1) is 5.82 Å². The molecule has 0 fully saturated rings. The van der Waals surface area contributed by atoms with Gasteiger partial charge >= 0.3 is 0 Å². The molecule has 0 atom stereocenters. The summed E-state index contributed by atoms with van der Waals surface area (Å²) in [6.07, 6.45) is 0.488. The minimum Gasteiger partial charge on any atom is -0.496 e. The minimum absolute atomic E-state index is 0.0359. The first kappa shape index (κ1) is 24.8. The second-order valence-corrected chi connectivity index (χ2v) is 8.79. The highest BCUT2D eigenvalue weighted by Gasteiger charge is 2.25. The minimum atomic E-state index is -4.24. The lowest BCUT2D eigenvalue weighted by Crippen LogP contribution is -2.27. The van der Waals surface area contributed by atoms with Gasteiger partial charge in [-0.15, -0.1) is 0 Å². The predicted octanol–water partition coefficient (Wildman–Crippen LogP) is 3.62. The van der Waals surface area contributed by atoms with Crippen molar-refractivity contribution in [1.82, 2.24) is 5.32 Å². The summed E-state index contributed by atoms with van der Waals surface area (Å²) in [4.78, 5) is 12.7. The van der Waals surface area contributed by atoms with E-state index in [0.717, 1.165) is 17.7 Å². The number of hydrogen-bond donors (Lipinski definition) is 2. The third-order valence-electron chi connectivity index (χ3n) is 5.00. The molecule has 0 radical (unpaired) electrons. The Labute approximate surface area is 197 Å². The molecular weight excluding hydrogens is 463 g/mol. The topological polar surface area (TPSA) is 103 Å². The van der Waals surface area contributed by atoms with Gasteiger partial charge in [0.25, 0.3) is 15.9 Å². The van der Waals surface area contributed by atoms with Gasteiger partial charge in [0.2, 0.25) is 0 Å². The second kappa shape index (κ2) is 10.9. The van der Waals surface area contributed by atoms with Crippen LogP contribution in [0.5, 0.6) is 17.2 Å². The Kier molecular flexibility index (Phi) is 7.95. The predicted molar refractivity (Wildman–Crippen MR) is 126 cm³/mol. The van der Waals surface area contributed by atoms with Crippen LogP contribution in [0.15, 0.2) is 65.6 Å². The molecule has 0 spiro atoms. The van der Waals surface area contributed by atoms with Crippen molar-refractivity contribution in [2.45, 2.75) is 11.3 Å². The summed E-state index contributed by atoms with van der Waals surface area (Å²) in [5.41, 5.74) is 0.635. The van der Waals surface area contributed by atoms with E-state index in [2.05, 4.69) is 10.0 Å². The number of nitrogens with one attached hydrogen (secondary N) is 2. The molecule has 0 aromatic heterocycles. The van der Waals surface area contributed by atoms with Gasteiger partial charge < -0.3 is 19.5 Å². The molecule has 0 aliphatic carbocycles. The lowest BCUT2D eigenvalue weighted by atomic mass is 10.1. The van der Waals surface area contributed by atoms with Crippen molar-refractivity contribution in [3.63, 3.8) is 0 Å². The maximum absolute atomic E-state index is 14.0. The van der Waals surface area contributed by atoms with Crippen LogP contribution in [0.4, 0.5) is 10.1 Å². The van der Waals surface area contributed by atoms with Crippen LogP contribution in [-0.4, -0.2) is 42.2 Å². The van der Waals surface area contributed by atoms with Crippen LogP contribution in [-0.2, 0) is 16.4 Å². The first-order chi connectivity index (χ1) is 16.3. The number of sulfonamides is 1. The van der Waals surface area contributed by atoms with Crippen molar-refractivity contribution in [1.29, 1.82) is 0 Å². The van der Waals surface area contributed by atoms with Crippen molar-refractivity contribution in [3.05, 3.63) is 77.6 Å². The number of carbonyl (C=O) groups excluding carboxylic acids is 1. The number of halogens is 1. The summed E-state index contributed by atoms with van der Waals surface area (Å²) in [7, 11) is -0.0149. The lowest BCUT2D eigenvalue weighted by Gasteiger charge is -2.16. The van der Waals surface area contributed by atoms with E-state index in [1.54, 1.807) is 7.11 Å². The zero-order chi connectivity index (χ0) is 24.7. The molecule has 3 aromatic carbocycles. The number of benzene rings is 3. The molecule has 0 aliphatic rings.